The van der Waals surface area contributed by atoms with Gasteiger partial charge in [0.2, 0.25) is 0 Å². The van der Waals surface area contributed by atoms with E-state index in [1.165, 1.54) is 0 Å². The molecule has 2 heterocycles. The lowest BCUT2D eigenvalue weighted by molar-refractivity contribution is -0.181. The number of carbonyl (C=O) groups is 2. The molecule has 0 spiro atoms. The Morgan fingerprint density at radius 3 is 2.12 bits per heavy atom. The largest absolute Gasteiger partial charge is 0.478 e. The molecule has 0 amide bonds. The van der Waals surface area contributed by atoms with E-state index in [0.717, 1.165) is 40.3 Å². The lowest BCUT2D eigenvalue weighted by Gasteiger charge is -2.51. The summed E-state index contributed by atoms with van der Waals surface area (Å²) in [4.78, 5) is 38.1. The number of carboxylic acid groups (broad SMARTS) is 1. The van der Waals surface area contributed by atoms with E-state index < -0.39 is 17.8 Å². The smallest absolute Gasteiger partial charge is 0.334 e. The van der Waals surface area contributed by atoms with Crippen LogP contribution in [-0.4, -0.2) is 63.9 Å². The zero-order valence-electron chi connectivity index (χ0n) is 22.0. The van der Waals surface area contributed by atoms with Crippen molar-refractivity contribution in [2.75, 3.05) is 31.1 Å². The molecular formula is C31H31N5O4. The Kier molecular flexibility index (Phi) is 8.44. The zero-order valence-corrected chi connectivity index (χ0v) is 22.0. The Hall–Kier alpha value is -4.60. The van der Waals surface area contributed by atoms with Crippen LogP contribution in [0.25, 0.3) is 11.0 Å². The molecule has 4 aromatic rings. The van der Waals surface area contributed by atoms with Crippen molar-refractivity contribution < 1.29 is 19.4 Å². The molecule has 1 atom stereocenters. The first-order valence-electron chi connectivity index (χ1n) is 13.3. The second kappa shape index (κ2) is 12.5. The number of esters is 1. The highest BCUT2D eigenvalue weighted by molar-refractivity contribution is 5.91. The lowest BCUT2D eigenvalue weighted by Crippen LogP contribution is -2.66. The van der Waals surface area contributed by atoms with Gasteiger partial charge in [-0.2, -0.15) is 0 Å². The van der Waals surface area contributed by atoms with Crippen LogP contribution < -0.4 is 10.2 Å². The molecule has 1 saturated heterocycles. The molecule has 3 aromatic carbocycles. The number of nitrogens with one attached hydrogen (secondary N) is 1. The van der Waals surface area contributed by atoms with Crippen LogP contribution in [0.2, 0.25) is 0 Å². The minimum atomic E-state index is -1.31. The SMILES string of the molecule is O=C(O)C=CC(=O)OC(CCc1cnc2ccccc2n1)(N1CCNCC1)N(c1ccccc1)c1ccccc1. The Morgan fingerprint density at radius 2 is 1.50 bits per heavy atom. The number of rotatable bonds is 10. The number of aromatic nitrogens is 2. The maximum Gasteiger partial charge on any atom is 0.334 e. The van der Waals surface area contributed by atoms with Crippen molar-refractivity contribution in [2.45, 2.75) is 18.7 Å². The van der Waals surface area contributed by atoms with E-state index in [0.29, 0.717) is 39.0 Å². The van der Waals surface area contributed by atoms with E-state index in [2.05, 4.69) is 15.2 Å². The van der Waals surface area contributed by atoms with Gasteiger partial charge in [0.05, 0.1) is 16.7 Å². The van der Waals surface area contributed by atoms with Gasteiger partial charge in [-0.05, 0) is 42.8 Å². The molecule has 0 saturated carbocycles. The van der Waals surface area contributed by atoms with Crippen molar-refractivity contribution >= 4 is 34.3 Å². The van der Waals surface area contributed by atoms with E-state index >= 15 is 0 Å². The number of aliphatic carboxylic acids is 1. The Morgan fingerprint density at radius 1 is 0.900 bits per heavy atom. The predicted octanol–water partition coefficient (Wildman–Crippen LogP) is 4.14. The summed E-state index contributed by atoms with van der Waals surface area (Å²) in [5.41, 5.74) is 4.01. The summed E-state index contributed by atoms with van der Waals surface area (Å²) in [7, 11) is 0. The van der Waals surface area contributed by atoms with E-state index in [4.69, 9.17) is 9.72 Å². The first-order chi connectivity index (χ1) is 19.5. The third-order valence-electron chi connectivity index (χ3n) is 6.82. The van der Waals surface area contributed by atoms with Gasteiger partial charge in [0, 0.05) is 62.3 Å². The topological polar surface area (TPSA) is 108 Å². The summed E-state index contributed by atoms with van der Waals surface area (Å²) < 4.78 is 6.40. The molecule has 1 aromatic heterocycles. The minimum absolute atomic E-state index is 0.344. The monoisotopic (exact) mass is 537 g/mol. The first kappa shape index (κ1) is 27.0. The van der Waals surface area contributed by atoms with Crippen LogP contribution in [0.1, 0.15) is 12.1 Å². The minimum Gasteiger partial charge on any atom is -0.478 e. The molecular weight excluding hydrogens is 506 g/mol. The molecule has 1 aliphatic heterocycles. The van der Waals surface area contributed by atoms with E-state index in [9.17, 15) is 14.7 Å². The quantitative estimate of drug-likeness (QED) is 0.175. The molecule has 9 nitrogen and oxygen atoms in total. The third kappa shape index (κ3) is 6.17. The van der Waals surface area contributed by atoms with Crippen LogP contribution in [0.4, 0.5) is 11.4 Å². The second-order valence-electron chi connectivity index (χ2n) is 9.43. The molecule has 40 heavy (non-hydrogen) atoms. The van der Waals surface area contributed by atoms with E-state index in [1.807, 2.05) is 89.8 Å². The molecule has 204 valence electrons. The number of hydrogen-bond acceptors (Lipinski definition) is 8. The first-order valence-corrected chi connectivity index (χ1v) is 13.3. The zero-order chi connectivity index (χ0) is 27.8. The number of anilines is 2. The van der Waals surface area contributed by atoms with Crippen LogP contribution in [0.5, 0.6) is 0 Å². The Balaban J connectivity index is 1.64. The van der Waals surface area contributed by atoms with Crippen molar-refractivity contribution in [3.8, 4) is 0 Å². The van der Waals surface area contributed by atoms with Crippen molar-refractivity contribution in [2.24, 2.45) is 0 Å². The average Bonchev–Trinajstić information content (AvgIpc) is 3.00. The number of para-hydroxylation sites is 4. The summed E-state index contributed by atoms with van der Waals surface area (Å²) in [5.74, 6) is -3.28. The Labute approximate surface area is 232 Å². The number of nitrogens with zero attached hydrogens (tertiary/aromatic N) is 4. The third-order valence-corrected chi connectivity index (χ3v) is 6.82. The number of ether oxygens (including phenoxy) is 1. The van der Waals surface area contributed by atoms with Gasteiger partial charge in [0.15, 0.2) is 0 Å². The van der Waals surface area contributed by atoms with Crippen molar-refractivity contribution in [1.29, 1.82) is 0 Å². The maximum absolute atomic E-state index is 13.3. The van der Waals surface area contributed by atoms with E-state index in [1.54, 1.807) is 6.20 Å². The molecule has 0 bridgehead atoms. The van der Waals surface area contributed by atoms with Gasteiger partial charge in [0.25, 0.3) is 5.85 Å². The normalized spacial score (nSPS) is 15.5. The second-order valence-corrected chi connectivity index (χ2v) is 9.43. The van der Waals surface area contributed by atoms with Crippen molar-refractivity contribution in [3.63, 3.8) is 0 Å². The summed E-state index contributed by atoms with van der Waals surface area (Å²) in [6.07, 6.45) is 4.31. The molecule has 0 aliphatic carbocycles. The van der Waals surface area contributed by atoms with Crippen LogP contribution in [0, 0.1) is 0 Å². The highest BCUT2D eigenvalue weighted by Gasteiger charge is 2.47. The summed E-state index contributed by atoms with van der Waals surface area (Å²) in [6.45, 7) is 2.62. The van der Waals surface area contributed by atoms with Crippen molar-refractivity contribution in [1.82, 2.24) is 20.2 Å². The van der Waals surface area contributed by atoms with Crippen LogP contribution >= 0.6 is 0 Å². The summed E-state index contributed by atoms with van der Waals surface area (Å²) >= 11 is 0. The van der Waals surface area contributed by atoms with E-state index in [-0.39, 0.29) is 0 Å². The van der Waals surface area contributed by atoms with Crippen LogP contribution in [0.3, 0.4) is 0 Å². The fourth-order valence-electron chi connectivity index (χ4n) is 5.03. The molecule has 1 fully saturated rings. The average molecular weight is 538 g/mol. The number of hydrogen-bond donors (Lipinski definition) is 2. The molecule has 0 radical (unpaired) electrons. The Bertz CT molecular complexity index is 1440. The maximum atomic E-state index is 13.3. The molecule has 1 unspecified atom stereocenters. The fourth-order valence-corrected chi connectivity index (χ4v) is 5.03. The number of aryl methyl sites for hydroxylation is 1. The molecule has 2 N–H and O–H groups in total. The fraction of sp³-hybridized carbons (Fsp3) is 0.226. The predicted molar refractivity (Wildman–Crippen MR) is 153 cm³/mol. The van der Waals surface area contributed by atoms with Gasteiger partial charge in [-0.15, -0.1) is 0 Å². The van der Waals surface area contributed by atoms with Gasteiger partial charge in [-0.1, -0.05) is 48.5 Å². The summed E-state index contributed by atoms with van der Waals surface area (Å²) in [5, 5.41) is 12.6. The van der Waals surface area contributed by atoms with Crippen molar-refractivity contribution in [3.05, 3.63) is 109 Å². The number of fused-ring (bicyclic) bond motifs is 1. The van der Waals surface area contributed by atoms with Gasteiger partial charge in [-0.3, -0.25) is 9.88 Å². The van der Waals surface area contributed by atoms with Gasteiger partial charge < -0.3 is 15.2 Å². The molecule has 1 aliphatic rings. The number of carboxylic acids is 1. The van der Waals surface area contributed by atoms with Gasteiger partial charge >= 0.3 is 11.9 Å². The number of carbonyl (C=O) groups excluding carboxylic acids is 1. The number of benzene rings is 3. The summed E-state index contributed by atoms with van der Waals surface area (Å²) in [6, 6.07) is 27.2. The highest BCUT2D eigenvalue weighted by atomic mass is 16.6. The highest BCUT2D eigenvalue weighted by Crippen LogP contribution is 2.39. The number of piperazine rings is 1. The molecule has 5 rings (SSSR count). The van der Waals surface area contributed by atoms with Gasteiger partial charge in [-0.25, -0.2) is 19.5 Å². The van der Waals surface area contributed by atoms with Crippen LogP contribution in [0.15, 0.2) is 103 Å². The van der Waals surface area contributed by atoms with Crippen LogP contribution in [-0.2, 0) is 20.7 Å². The standard InChI is InChI=1S/C31H31N5O4/c37-29(38)15-16-30(39)40-31(35-21-19-32-20-22-35,18-17-24-23-33-27-13-7-8-14-28(27)34-24)36(25-9-3-1-4-10-25)26-11-5-2-6-12-26/h1-16,23,32H,17-22H2,(H,37,38). The molecule has 9 heteroatoms. The van der Waals surface area contributed by atoms with Gasteiger partial charge in [0.1, 0.15) is 0 Å². The lowest BCUT2D eigenvalue weighted by atomic mass is 10.0.